The highest BCUT2D eigenvalue weighted by molar-refractivity contribution is 6.00. The van der Waals surface area contributed by atoms with Crippen LogP contribution < -0.4 is 0 Å². The van der Waals surface area contributed by atoms with Crippen LogP contribution in [0.4, 0.5) is 0 Å². The highest BCUT2D eigenvalue weighted by atomic mass is 16.7. The van der Waals surface area contributed by atoms with E-state index in [4.69, 9.17) is 14.2 Å². The van der Waals surface area contributed by atoms with Crippen LogP contribution in [0.1, 0.15) is 27.2 Å². The van der Waals surface area contributed by atoms with Crippen molar-refractivity contribution in [2.24, 2.45) is 10.8 Å². The first-order valence-corrected chi connectivity index (χ1v) is 8.22. The van der Waals surface area contributed by atoms with Gasteiger partial charge in [0.2, 0.25) is 0 Å². The fourth-order valence-electron chi connectivity index (χ4n) is 5.30. The molecule has 4 aliphatic rings. The highest BCUT2D eigenvalue weighted by Gasteiger charge is 2.83. The number of rotatable bonds is 2. The van der Waals surface area contributed by atoms with Crippen molar-refractivity contribution in [1.29, 1.82) is 0 Å². The second kappa shape index (κ2) is 4.66. The fraction of sp³-hybridized carbons (Fsp3) is 0.765. The van der Waals surface area contributed by atoms with Crippen molar-refractivity contribution < 1.29 is 34.0 Å². The van der Waals surface area contributed by atoms with Crippen molar-refractivity contribution in [2.75, 3.05) is 13.2 Å². The summed E-state index contributed by atoms with van der Waals surface area (Å²) in [6.07, 6.45) is -0.991. The van der Waals surface area contributed by atoms with Gasteiger partial charge in [-0.2, -0.15) is 0 Å². The Morgan fingerprint density at radius 2 is 2.17 bits per heavy atom. The summed E-state index contributed by atoms with van der Waals surface area (Å²) in [4.78, 5) is 23.9. The molecule has 2 saturated heterocycles. The van der Waals surface area contributed by atoms with Crippen LogP contribution in [0.15, 0.2) is 11.6 Å². The average Bonchev–Trinajstić information content (AvgIpc) is 3.27. The summed E-state index contributed by atoms with van der Waals surface area (Å²) < 4.78 is 17.4. The van der Waals surface area contributed by atoms with E-state index < -0.39 is 59.2 Å². The van der Waals surface area contributed by atoms with Gasteiger partial charge >= 0.3 is 5.97 Å². The summed E-state index contributed by atoms with van der Waals surface area (Å²) in [5, 5.41) is 21.1. The Balaban J connectivity index is 1.87. The molecule has 2 unspecified atom stereocenters. The summed E-state index contributed by atoms with van der Waals surface area (Å²) in [5.74, 6) is -0.824. The van der Waals surface area contributed by atoms with Crippen LogP contribution in [0.5, 0.6) is 0 Å². The molecule has 1 spiro atoms. The van der Waals surface area contributed by atoms with Gasteiger partial charge in [-0.15, -0.1) is 0 Å². The van der Waals surface area contributed by atoms with Gasteiger partial charge in [-0.1, -0.05) is 6.92 Å². The number of esters is 1. The van der Waals surface area contributed by atoms with E-state index in [0.29, 0.717) is 18.6 Å². The van der Waals surface area contributed by atoms with Crippen LogP contribution in [0.2, 0.25) is 0 Å². The number of hydrogen-bond acceptors (Lipinski definition) is 7. The number of ketones is 1. The smallest absolute Gasteiger partial charge is 0.302 e. The lowest BCUT2D eigenvalue weighted by molar-refractivity contribution is -0.244. The van der Waals surface area contributed by atoms with Gasteiger partial charge in [0.1, 0.15) is 23.9 Å². The largest absolute Gasteiger partial charge is 0.460 e. The van der Waals surface area contributed by atoms with Crippen LogP contribution in [0.3, 0.4) is 0 Å². The Hall–Kier alpha value is -1.28. The van der Waals surface area contributed by atoms with Gasteiger partial charge in [-0.05, 0) is 25.0 Å². The molecule has 4 rings (SSSR count). The number of carbonyl (C=O) groups is 2. The molecule has 132 valence electrons. The Kier molecular flexibility index (Phi) is 3.15. The molecule has 2 aliphatic heterocycles. The molecule has 2 N–H and O–H groups in total. The zero-order valence-electron chi connectivity index (χ0n) is 13.9. The quantitative estimate of drug-likeness (QED) is 0.527. The molecule has 2 bridgehead atoms. The van der Waals surface area contributed by atoms with Crippen molar-refractivity contribution in [3.05, 3.63) is 11.6 Å². The van der Waals surface area contributed by atoms with E-state index in [1.165, 1.54) is 6.92 Å². The summed E-state index contributed by atoms with van der Waals surface area (Å²) in [6.45, 7) is 4.83. The van der Waals surface area contributed by atoms with Crippen molar-refractivity contribution >= 4 is 11.8 Å². The molecule has 7 nitrogen and oxygen atoms in total. The Morgan fingerprint density at radius 3 is 2.71 bits per heavy atom. The van der Waals surface area contributed by atoms with Gasteiger partial charge < -0.3 is 24.4 Å². The zero-order valence-corrected chi connectivity index (χ0v) is 13.9. The Morgan fingerprint density at radius 1 is 1.50 bits per heavy atom. The molecule has 2 aliphatic carbocycles. The zero-order chi connectivity index (χ0) is 17.5. The van der Waals surface area contributed by atoms with Crippen LogP contribution >= 0.6 is 0 Å². The van der Waals surface area contributed by atoms with E-state index in [0.717, 1.165) is 0 Å². The topological polar surface area (TPSA) is 106 Å². The lowest BCUT2D eigenvalue weighted by Gasteiger charge is -2.58. The number of Topliss-reactive ketones (excluding diaryl/α,β-unsaturated/α-hetero) is 1. The van der Waals surface area contributed by atoms with Crippen molar-refractivity contribution in [1.82, 2.24) is 0 Å². The molecule has 0 radical (unpaired) electrons. The molecule has 24 heavy (non-hydrogen) atoms. The Labute approximate surface area is 139 Å². The SMILES string of the molecule is CC(=O)OC1C[C@@]2(C)[C@]3(CO3)[C@@H]1O[C@@H]1C=C(C)C(=O)C(O)[C@@]12CO. The maximum absolute atomic E-state index is 12.4. The van der Waals surface area contributed by atoms with E-state index in [1.54, 1.807) is 13.0 Å². The van der Waals surface area contributed by atoms with Gasteiger partial charge in [0.25, 0.3) is 0 Å². The number of carbonyl (C=O) groups excluding carboxylic acids is 2. The molecule has 0 aromatic rings. The van der Waals surface area contributed by atoms with E-state index in [-0.39, 0.29) is 0 Å². The number of fused-ring (bicyclic) bond motifs is 2. The molecule has 0 aromatic carbocycles. The minimum absolute atomic E-state index is 0.367. The molecular weight excluding hydrogens is 316 g/mol. The lowest BCUT2D eigenvalue weighted by Crippen LogP contribution is -2.70. The molecule has 3 fully saturated rings. The van der Waals surface area contributed by atoms with E-state index in [9.17, 15) is 19.8 Å². The van der Waals surface area contributed by atoms with E-state index >= 15 is 0 Å². The van der Waals surface area contributed by atoms with Crippen LogP contribution in [-0.4, -0.2) is 65.2 Å². The predicted octanol–water partition coefficient (Wildman–Crippen LogP) is -0.267. The summed E-state index contributed by atoms with van der Waals surface area (Å²) >= 11 is 0. The standard InChI is InChI=1S/C17H22O7/c1-8-4-11-16(6-18,13(21)12(8)20)15(3)5-10(23-9(2)19)14(24-11)17(15)7-22-17/h4,10-11,13-14,18,21H,5-7H2,1-3H3/t10?,11-,13?,14-,15-,16-,17+/m1/s1. The first-order chi connectivity index (χ1) is 11.2. The number of epoxide rings is 1. The number of aliphatic hydroxyl groups is 2. The minimum atomic E-state index is -1.39. The average molecular weight is 338 g/mol. The van der Waals surface area contributed by atoms with Gasteiger partial charge in [0, 0.05) is 12.3 Å². The number of ether oxygens (including phenoxy) is 3. The maximum Gasteiger partial charge on any atom is 0.302 e. The van der Waals surface area contributed by atoms with E-state index in [2.05, 4.69) is 0 Å². The minimum Gasteiger partial charge on any atom is -0.460 e. The summed E-state index contributed by atoms with van der Waals surface area (Å²) in [7, 11) is 0. The van der Waals surface area contributed by atoms with Crippen LogP contribution in [0.25, 0.3) is 0 Å². The molecular formula is C17H22O7. The second-order valence-electron chi connectivity index (χ2n) is 7.65. The van der Waals surface area contributed by atoms with E-state index in [1.807, 2.05) is 6.92 Å². The molecule has 1 saturated carbocycles. The van der Waals surface area contributed by atoms with Crippen molar-refractivity contribution in [2.45, 2.75) is 57.2 Å². The third-order valence-corrected chi connectivity index (χ3v) is 6.73. The molecule has 0 aromatic heterocycles. The monoisotopic (exact) mass is 338 g/mol. The van der Waals surface area contributed by atoms with Crippen molar-refractivity contribution in [3.63, 3.8) is 0 Å². The van der Waals surface area contributed by atoms with Gasteiger partial charge in [-0.25, -0.2) is 0 Å². The lowest BCUT2D eigenvalue weighted by atomic mass is 9.50. The van der Waals surface area contributed by atoms with Gasteiger partial charge in [0.05, 0.1) is 24.7 Å². The summed E-state index contributed by atoms with van der Waals surface area (Å²) in [5.41, 5.74) is -2.30. The second-order valence-corrected chi connectivity index (χ2v) is 7.65. The predicted molar refractivity (Wildman–Crippen MR) is 79.9 cm³/mol. The van der Waals surface area contributed by atoms with Crippen LogP contribution in [-0.2, 0) is 23.8 Å². The number of hydrogen-bond donors (Lipinski definition) is 2. The van der Waals surface area contributed by atoms with Gasteiger partial charge in [-0.3, -0.25) is 9.59 Å². The highest BCUT2D eigenvalue weighted by Crippen LogP contribution is 2.71. The fourth-order valence-corrected chi connectivity index (χ4v) is 5.30. The molecule has 7 heteroatoms. The molecule has 7 atom stereocenters. The first-order valence-electron chi connectivity index (χ1n) is 8.22. The summed E-state index contributed by atoms with van der Waals surface area (Å²) in [6, 6.07) is 0. The normalized spacial score (nSPS) is 52.0. The molecule has 0 amide bonds. The van der Waals surface area contributed by atoms with Crippen LogP contribution in [0, 0.1) is 10.8 Å². The first kappa shape index (κ1) is 16.2. The molecule has 2 heterocycles. The van der Waals surface area contributed by atoms with Gasteiger partial charge in [0.15, 0.2) is 5.78 Å². The maximum atomic E-state index is 12.4. The number of aliphatic hydroxyl groups excluding tert-OH is 2. The Bertz CT molecular complexity index is 651. The third-order valence-electron chi connectivity index (χ3n) is 6.73. The third kappa shape index (κ3) is 1.57. The van der Waals surface area contributed by atoms with Crippen molar-refractivity contribution in [3.8, 4) is 0 Å².